The van der Waals surface area contributed by atoms with E-state index in [-0.39, 0.29) is 0 Å². The Balaban J connectivity index is 1.98. The van der Waals surface area contributed by atoms with Gasteiger partial charge >= 0.3 is 0 Å². The largest absolute Gasteiger partial charge is 0.383 e. The lowest BCUT2D eigenvalue weighted by Gasteiger charge is -2.08. The average Bonchev–Trinajstić information content (AvgIpc) is 2.45. The van der Waals surface area contributed by atoms with Gasteiger partial charge in [0.05, 0.1) is 6.61 Å². The Bertz CT molecular complexity index is 595. The van der Waals surface area contributed by atoms with Crippen molar-refractivity contribution in [3.05, 3.63) is 46.2 Å². The van der Waals surface area contributed by atoms with E-state index in [0.717, 1.165) is 39.9 Å². The van der Waals surface area contributed by atoms with E-state index in [4.69, 9.17) is 4.74 Å². The molecule has 2 rings (SSSR count). The van der Waals surface area contributed by atoms with Crippen LogP contribution < -0.4 is 5.32 Å². The van der Waals surface area contributed by atoms with E-state index in [1.54, 1.807) is 25.1 Å². The van der Waals surface area contributed by atoms with Gasteiger partial charge in [0, 0.05) is 41.5 Å². The maximum Gasteiger partial charge on any atom is 0.192 e. The number of rotatable bonds is 7. The molecular formula is C15H18BrN3OS. The summed E-state index contributed by atoms with van der Waals surface area (Å²) in [6.45, 7) is 4.35. The molecule has 1 aromatic heterocycles. The van der Waals surface area contributed by atoms with Gasteiger partial charge in [-0.15, -0.1) is 0 Å². The van der Waals surface area contributed by atoms with Crippen molar-refractivity contribution in [2.45, 2.75) is 23.5 Å². The number of methoxy groups -OCH3 is 1. The fraction of sp³-hybridized carbons (Fsp3) is 0.333. The summed E-state index contributed by atoms with van der Waals surface area (Å²) < 4.78 is 6.10. The zero-order valence-corrected chi connectivity index (χ0v) is 14.5. The van der Waals surface area contributed by atoms with Gasteiger partial charge in [-0.3, -0.25) is 0 Å². The molecule has 0 aliphatic carbocycles. The van der Waals surface area contributed by atoms with E-state index in [0.29, 0.717) is 0 Å². The number of hydrogen-bond donors (Lipinski definition) is 1. The summed E-state index contributed by atoms with van der Waals surface area (Å²) in [5, 5.41) is 4.10. The lowest BCUT2D eigenvalue weighted by Crippen LogP contribution is -2.18. The highest BCUT2D eigenvalue weighted by Gasteiger charge is 2.05. The average molecular weight is 368 g/mol. The molecule has 112 valence electrons. The van der Waals surface area contributed by atoms with E-state index in [2.05, 4.69) is 49.4 Å². The molecule has 1 N–H and O–H groups in total. The summed E-state index contributed by atoms with van der Waals surface area (Å²) in [5.41, 5.74) is 2.20. The molecule has 0 bridgehead atoms. The van der Waals surface area contributed by atoms with Gasteiger partial charge < -0.3 is 10.1 Å². The lowest BCUT2D eigenvalue weighted by atomic mass is 10.2. The summed E-state index contributed by atoms with van der Waals surface area (Å²) in [5.74, 6) is 0. The Morgan fingerprint density at radius 3 is 2.90 bits per heavy atom. The lowest BCUT2D eigenvalue weighted by molar-refractivity contribution is 0.199. The smallest absolute Gasteiger partial charge is 0.192 e. The van der Waals surface area contributed by atoms with E-state index in [1.807, 2.05) is 13.0 Å². The van der Waals surface area contributed by atoms with Crippen molar-refractivity contribution in [1.82, 2.24) is 15.3 Å². The number of nitrogens with one attached hydrogen (secondary N) is 1. The topological polar surface area (TPSA) is 47.0 Å². The highest BCUT2D eigenvalue weighted by atomic mass is 79.9. The van der Waals surface area contributed by atoms with Crippen LogP contribution in [0.3, 0.4) is 0 Å². The number of ether oxygens (including phenoxy) is 1. The van der Waals surface area contributed by atoms with E-state index >= 15 is 0 Å². The zero-order valence-electron chi connectivity index (χ0n) is 12.1. The first-order valence-corrected chi connectivity index (χ1v) is 8.25. The van der Waals surface area contributed by atoms with Crippen LogP contribution in [0.15, 0.2) is 45.0 Å². The van der Waals surface area contributed by atoms with Crippen LogP contribution in [0.25, 0.3) is 0 Å². The highest BCUT2D eigenvalue weighted by Crippen LogP contribution is 2.29. The Labute approximate surface area is 137 Å². The van der Waals surface area contributed by atoms with Gasteiger partial charge in [0.1, 0.15) is 0 Å². The number of aromatic nitrogens is 2. The maximum absolute atomic E-state index is 5.01. The van der Waals surface area contributed by atoms with Gasteiger partial charge in [0.25, 0.3) is 0 Å². The number of aryl methyl sites for hydroxylation is 1. The molecule has 4 nitrogen and oxygen atoms in total. The summed E-state index contributed by atoms with van der Waals surface area (Å²) in [7, 11) is 1.71. The highest BCUT2D eigenvalue weighted by molar-refractivity contribution is 9.10. The first-order valence-electron chi connectivity index (χ1n) is 6.64. The summed E-state index contributed by atoms with van der Waals surface area (Å²) in [6.07, 6.45) is 1.79. The third-order valence-electron chi connectivity index (χ3n) is 2.80. The van der Waals surface area contributed by atoms with Crippen LogP contribution in [-0.4, -0.2) is 30.2 Å². The predicted octanol–water partition coefficient (Wildman–Crippen LogP) is 3.43. The molecule has 0 fully saturated rings. The second kappa shape index (κ2) is 8.48. The maximum atomic E-state index is 5.01. The molecule has 1 aromatic carbocycles. The van der Waals surface area contributed by atoms with Gasteiger partial charge in [-0.25, -0.2) is 9.97 Å². The summed E-state index contributed by atoms with van der Waals surface area (Å²) >= 11 is 5.18. The Kier molecular flexibility index (Phi) is 6.63. The van der Waals surface area contributed by atoms with E-state index in [9.17, 15) is 0 Å². The molecule has 0 saturated carbocycles. The quantitative estimate of drug-likeness (QED) is 0.599. The van der Waals surface area contributed by atoms with Crippen LogP contribution in [-0.2, 0) is 11.3 Å². The molecule has 21 heavy (non-hydrogen) atoms. The molecule has 1 heterocycles. The van der Waals surface area contributed by atoms with Crippen molar-refractivity contribution in [3.63, 3.8) is 0 Å². The minimum absolute atomic E-state index is 0.719. The fourth-order valence-electron chi connectivity index (χ4n) is 1.71. The van der Waals surface area contributed by atoms with Gasteiger partial charge in [0.15, 0.2) is 5.16 Å². The number of hydrogen-bond acceptors (Lipinski definition) is 5. The van der Waals surface area contributed by atoms with Gasteiger partial charge in [-0.1, -0.05) is 22.0 Å². The molecule has 0 aliphatic heterocycles. The van der Waals surface area contributed by atoms with Gasteiger partial charge in [0.2, 0.25) is 0 Å². The van der Waals surface area contributed by atoms with Crippen LogP contribution in [0.1, 0.15) is 11.3 Å². The molecule has 0 saturated heterocycles. The first kappa shape index (κ1) is 16.4. The van der Waals surface area contributed by atoms with Crippen molar-refractivity contribution in [1.29, 1.82) is 0 Å². The second-order valence-electron chi connectivity index (χ2n) is 4.51. The molecular weight excluding hydrogens is 350 g/mol. The molecule has 0 spiro atoms. The number of halogens is 1. The molecule has 0 unspecified atom stereocenters. The molecule has 0 radical (unpaired) electrons. The Morgan fingerprint density at radius 1 is 1.33 bits per heavy atom. The summed E-state index contributed by atoms with van der Waals surface area (Å²) in [6, 6.07) is 8.20. The van der Waals surface area contributed by atoms with Crippen LogP contribution in [0.4, 0.5) is 0 Å². The first-order chi connectivity index (χ1) is 10.2. The van der Waals surface area contributed by atoms with Crippen LogP contribution in [0, 0.1) is 6.92 Å². The third-order valence-corrected chi connectivity index (χ3v) is 4.41. The fourth-order valence-corrected chi connectivity index (χ4v) is 3.21. The van der Waals surface area contributed by atoms with Crippen LogP contribution in [0.5, 0.6) is 0 Å². The molecule has 0 aliphatic rings. The Morgan fingerprint density at radius 2 is 2.19 bits per heavy atom. The van der Waals surface area contributed by atoms with Crippen molar-refractivity contribution < 1.29 is 4.74 Å². The standard InChI is InChI=1S/C15H18BrN3OS/c1-11-5-6-18-15(19-11)21-13-4-3-12(14(16)9-13)10-17-7-8-20-2/h3-6,9,17H,7-8,10H2,1-2H3. The number of benzene rings is 1. The summed E-state index contributed by atoms with van der Waals surface area (Å²) in [4.78, 5) is 9.79. The van der Waals surface area contributed by atoms with Crippen LogP contribution in [0.2, 0.25) is 0 Å². The van der Waals surface area contributed by atoms with E-state index < -0.39 is 0 Å². The zero-order chi connectivity index (χ0) is 15.1. The van der Waals surface area contributed by atoms with Crippen molar-refractivity contribution >= 4 is 27.7 Å². The molecule has 0 atom stereocenters. The van der Waals surface area contributed by atoms with Crippen molar-refractivity contribution in [2.24, 2.45) is 0 Å². The minimum Gasteiger partial charge on any atom is -0.383 e. The number of nitrogens with zero attached hydrogens (tertiary/aromatic N) is 2. The molecule has 6 heteroatoms. The van der Waals surface area contributed by atoms with Gasteiger partial charge in [-0.05, 0) is 42.4 Å². The Hall–Kier alpha value is -0.950. The second-order valence-corrected chi connectivity index (χ2v) is 6.40. The third kappa shape index (κ3) is 5.39. The normalized spacial score (nSPS) is 10.8. The molecule has 2 aromatic rings. The van der Waals surface area contributed by atoms with E-state index in [1.165, 1.54) is 5.56 Å². The predicted molar refractivity (Wildman–Crippen MR) is 88.6 cm³/mol. The molecule has 0 amide bonds. The minimum atomic E-state index is 0.719. The van der Waals surface area contributed by atoms with Gasteiger partial charge in [-0.2, -0.15) is 0 Å². The van der Waals surface area contributed by atoms with Crippen molar-refractivity contribution in [2.75, 3.05) is 20.3 Å². The van der Waals surface area contributed by atoms with Crippen molar-refractivity contribution in [3.8, 4) is 0 Å². The van der Waals surface area contributed by atoms with Crippen LogP contribution >= 0.6 is 27.7 Å². The monoisotopic (exact) mass is 367 g/mol. The SMILES string of the molecule is COCCNCc1ccc(Sc2nccc(C)n2)cc1Br.